The van der Waals surface area contributed by atoms with E-state index in [2.05, 4.69) is 32.7 Å². The van der Waals surface area contributed by atoms with E-state index in [0.717, 1.165) is 24.2 Å². The molecule has 2 saturated carbocycles. The summed E-state index contributed by atoms with van der Waals surface area (Å²) in [4.78, 5) is 2.54. The minimum absolute atomic E-state index is 0.103. The van der Waals surface area contributed by atoms with Crippen LogP contribution >= 0.6 is 0 Å². The van der Waals surface area contributed by atoms with Gasteiger partial charge in [0.05, 0.1) is 6.10 Å². The topological polar surface area (TPSA) is 23.5 Å². The molecule has 2 heteroatoms. The van der Waals surface area contributed by atoms with E-state index in [0.29, 0.717) is 12.1 Å². The zero-order valence-electron chi connectivity index (χ0n) is 13.3. The highest BCUT2D eigenvalue weighted by Crippen LogP contribution is 2.36. The van der Waals surface area contributed by atoms with Crippen LogP contribution in [-0.2, 0) is 0 Å². The van der Waals surface area contributed by atoms with Gasteiger partial charge in [0, 0.05) is 12.1 Å². The fraction of sp³-hybridized carbons (Fsp3) is 1.00. The Morgan fingerprint density at radius 1 is 1.00 bits per heavy atom. The maximum Gasteiger partial charge on any atom is 0.0695 e. The Hall–Kier alpha value is -0.0800. The third-order valence-corrected chi connectivity index (χ3v) is 5.88. The van der Waals surface area contributed by atoms with Gasteiger partial charge in [-0.05, 0) is 56.9 Å². The average molecular weight is 267 g/mol. The van der Waals surface area contributed by atoms with Gasteiger partial charge in [0.15, 0.2) is 0 Å². The van der Waals surface area contributed by atoms with Gasteiger partial charge in [-0.3, -0.25) is 4.90 Å². The van der Waals surface area contributed by atoms with Crippen LogP contribution in [0, 0.1) is 17.8 Å². The summed E-state index contributed by atoms with van der Waals surface area (Å²) in [5, 5.41) is 10.4. The number of nitrogens with zero attached hydrogens (tertiary/aromatic N) is 1. The van der Waals surface area contributed by atoms with Gasteiger partial charge in [-0.15, -0.1) is 0 Å². The molecule has 2 fully saturated rings. The van der Waals surface area contributed by atoms with Crippen LogP contribution in [-0.4, -0.2) is 35.2 Å². The Balaban J connectivity index is 2.01. The van der Waals surface area contributed by atoms with Crippen LogP contribution < -0.4 is 0 Å². The van der Waals surface area contributed by atoms with Gasteiger partial charge >= 0.3 is 0 Å². The summed E-state index contributed by atoms with van der Waals surface area (Å²) in [5.74, 6) is 2.35. The van der Waals surface area contributed by atoms with Crippen LogP contribution in [0.3, 0.4) is 0 Å². The van der Waals surface area contributed by atoms with Crippen molar-refractivity contribution < 1.29 is 5.11 Å². The first-order valence-electron chi connectivity index (χ1n) is 8.40. The molecule has 0 spiro atoms. The summed E-state index contributed by atoms with van der Waals surface area (Å²) < 4.78 is 0. The van der Waals surface area contributed by atoms with E-state index >= 15 is 0 Å². The van der Waals surface area contributed by atoms with Gasteiger partial charge in [-0.1, -0.05) is 33.6 Å². The van der Waals surface area contributed by atoms with Gasteiger partial charge in [0.1, 0.15) is 0 Å². The molecular weight excluding hydrogens is 234 g/mol. The van der Waals surface area contributed by atoms with Gasteiger partial charge in [-0.2, -0.15) is 0 Å². The van der Waals surface area contributed by atoms with E-state index in [1.165, 1.54) is 38.5 Å². The predicted octanol–water partition coefficient (Wildman–Crippen LogP) is 3.68. The summed E-state index contributed by atoms with van der Waals surface area (Å²) in [6, 6.07) is 1.09. The Bertz CT molecular complexity index is 278. The molecule has 0 heterocycles. The first-order valence-corrected chi connectivity index (χ1v) is 8.40. The minimum atomic E-state index is -0.103. The quantitative estimate of drug-likeness (QED) is 0.843. The number of aliphatic hydroxyl groups is 1. The van der Waals surface area contributed by atoms with Crippen LogP contribution in [0.15, 0.2) is 0 Å². The SMILES string of the molecule is CC(C)C1CCC(O)C(N(C)C2CCCCC2C)C1. The summed E-state index contributed by atoms with van der Waals surface area (Å²) in [6.45, 7) is 7.07. The number of likely N-dealkylation sites (N-methyl/N-ethyl adjacent to an activating group) is 1. The highest BCUT2D eigenvalue weighted by Gasteiger charge is 2.37. The van der Waals surface area contributed by atoms with Crippen molar-refractivity contribution in [3.8, 4) is 0 Å². The summed E-state index contributed by atoms with van der Waals surface area (Å²) >= 11 is 0. The van der Waals surface area contributed by atoms with E-state index in [9.17, 15) is 5.11 Å². The van der Waals surface area contributed by atoms with Crippen molar-refractivity contribution in [3.05, 3.63) is 0 Å². The van der Waals surface area contributed by atoms with Crippen LogP contribution in [0.5, 0.6) is 0 Å². The Morgan fingerprint density at radius 3 is 2.32 bits per heavy atom. The van der Waals surface area contributed by atoms with E-state index in [1.54, 1.807) is 0 Å². The third-order valence-electron chi connectivity index (χ3n) is 5.88. The monoisotopic (exact) mass is 267 g/mol. The highest BCUT2D eigenvalue weighted by atomic mass is 16.3. The maximum absolute atomic E-state index is 10.4. The fourth-order valence-corrected chi connectivity index (χ4v) is 4.35. The fourth-order valence-electron chi connectivity index (χ4n) is 4.35. The molecular formula is C17H33NO. The second kappa shape index (κ2) is 6.58. The minimum Gasteiger partial charge on any atom is -0.391 e. The molecule has 5 atom stereocenters. The largest absolute Gasteiger partial charge is 0.391 e. The molecule has 0 bridgehead atoms. The summed E-state index contributed by atoms with van der Waals surface area (Å²) in [7, 11) is 2.27. The average Bonchev–Trinajstić information content (AvgIpc) is 2.38. The molecule has 0 radical (unpaired) electrons. The smallest absolute Gasteiger partial charge is 0.0695 e. The molecule has 0 aromatic heterocycles. The maximum atomic E-state index is 10.4. The predicted molar refractivity (Wildman–Crippen MR) is 81.2 cm³/mol. The lowest BCUT2D eigenvalue weighted by Crippen LogP contribution is -2.52. The summed E-state index contributed by atoms with van der Waals surface area (Å²) in [5.41, 5.74) is 0. The van der Waals surface area contributed by atoms with E-state index in [-0.39, 0.29) is 6.10 Å². The zero-order valence-corrected chi connectivity index (χ0v) is 13.3. The molecule has 0 amide bonds. The van der Waals surface area contributed by atoms with Crippen molar-refractivity contribution in [2.75, 3.05) is 7.05 Å². The second-order valence-electron chi connectivity index (χ2n) is 7.45. The molecule has 2 aliphatic rings. The molecule has 0 aromatic rings. The molecule has 19 heavy (non-hydrogen) atoms. The van der Waals surface area contributed by atoms with Crippen molar-refractivity contribution in [1.82, 2.24) is 4.90 Å². The van der Waals surface area contributed by atoms with E-state index < -0.39 is 0 Å². The van der Waals surface area contributed by atoms with Crippen molar-refractivity contribution in [1.29, 1.82) is 0 Å². The first-order chi connectivity index (χ1) is 9.00. The molecule has 5 unspecified atom stereocenters. The third kappa shape index (κ3) is 3.52. The zero-order chi connectivity index (χ0) is 14.0. The van der Waals surface area contributed by atoms with Crippen LogP contribution in [0.1, 0.15) is 65.7 Å². The first kappa shape index (κ1) is 15.3. The van der Waals surface area contributed by atoms with Gasteiger partial charge in [-0.25, -0.2) is 0 Å². The van der Waals surface area contributed by atoms with Gasteiger partial charge in [0.25, 0.3) is 0 Å². The molecule has 2 rings (SSSR count). The van der Waals surface area contributed by atoms with Gasteiger partial charge < -0.3 is 5.11 Å². The lowest BCUT2D eigenvalue weighted by atomic mass is 9.76. The molecule has 2 nitrogen and oxygen atoms in total. The number of hydrogen-bond donors (Lipinski definition) is 1. The number of aliphatic hydroxyl groups excluding tert-OH is 1. The Labute approximate surface area is 119 Å². The van der Waals surface area contributed by atoms with Crippen LogP contribution in [0.4, 0.5) is 0 Å². The molecule has 0 aromatic carbocycles. The van der Waals surface area contributed by atoms with Gasteiger partial charge in [0.2, 0.25) is 0 Å². The molecule has 1 N–H and O–H groups in total. The normalized spacial score (nSPS) is 40.9. The number of hydrogen-bond acceptors (Lipinski definition) is 2. The second-order valence-corrected chi connectivity index (χ2v) is 7.45. The van der Waals surface area contributed by atoms with Crippen molar-refractivity contribution >= 4 is 0 Å². The Kier molecular flexibility index (Phi) is 5.30. The standard InChI is InChI=1S/C17H33NO/c1-12(2)14-9-10-17(19)16(11-14)18(4)15-8-6-5-7-13(15)3/h12-17,19H,5-11H2,1-4H3. The summed E-state index contributed by atoms with van der Waals surface area (Å²) in [6.07, 6.45) is 8.76. The van der Waals surface area contributed by atoms with Crippen molar-refractivity contribution in [3.63, 3.8) is 0 Å². The lowest BCUT2D eigenvalue weighted by molar-refractivity contribution is -0.0267. The Morgan fingerprint density at radius 2 is 1.68 bits per heavy atom. The van der Waals surface area contributed by atoms with E-state index in [4.69, 9.17) is 0 Å². The van der Waals surface area contributed by atoms with Crippen molar-refractivity contribution in [2.24, 2.45) is 17.8 Å². The van der Waals surface area contributed by atoms with E-state index in [1.807, 2.05) is 0 Å². The molecule has 0 saturated heterocycles. The molecule has 0 aliphatic heterocycles. The number of rotatable bonds is 3. The molecule has 2 aliphatic carbocycles. The lowest BCUT2D eigenvalue weighted by Gasteiger charge is -2.46. The molecule has 112 valence electrons. The van der Waals surface area contributed by atoms with Crippen molar-refractivity contribution in [2.45, 2.75) is 83.9 Å². The highest BCUT2D eigenvalue weighted by molar-refractivity contribution is 4.91. The van der Waals surface area contributed by atoms with Crippen LogP contribution in [0.2, 0.25) is 0 Å². The van der Waals surface area contributed by atoms with Crippen LogP contribution in [0.25, 0.3) is 0 Å².